The normalized spacial score (nSPS) is 10.9. The Bertz CT molecular complexity index is 850. The van der Waals surface area contributed by atoms with Gasteiger partial charge in [0.15, 0.2) is 11.6 Å². The predicted octanol–water partition coefficient (Wildman–Crippen LogP) is 9.30. The summed E-state index contributed by atoms with van der Waals surface area (Å²) in [6.45, 7) is 5.59. The molecule has 0 spiro atoms. The summed E-state index contributed by atoms with van der Waals surface area (Å²) in [6, 6.07) is 11.1. The number of unbranched alkanes of at least 4 members (excludes halogenated alkanes) is 12. The highest BCUT2D eigenvalue weighted by atomic mass is 19.1. The molecule has 0 saturated heterocycles. The molecule has 0 saturated carbocycles. The van der Waals surface area contributed by atoms with Gasteiger partial charge < -0.3 is 14.2 Å². The van der Waals surface area contributed by atoms with Gasteiger partial charge in [-0.2, -0.15) is 0 Å². The number of esters is 1. The number of ether oxygens (including phenoxy) is 3. The molecule has 2 rings (SSSR count). The number of halogens is 1. The zero-order valence-corrected chi connectivity index (χ0v) is 22.4. The first kappa shape index (κ1) is 29.7. The third-order valence-electron chi connectivity index (χ3n) is 6.23. The molecule has 200 valence electrons. The van der Waals surface area contributed by atoms with Gasteiger partial charge in [0, 0.05) is 6.07 Å². The van der Waals surface area contributed by atoms with E-state index in [-0.39, 0.29) is 11.5 Å². The Morgan fingerprint density at radius 1 is 0.639 bits per heavy atom. The molecule has 0 fully saturated rings. The van der Waals surface area contributed by atoms with Gasteiger partial charge in [-0.05, 0) is 49.2 Å². The van der Waals surface area contributed by atoms with E-state index >= 15 is 0 Å². The third-order valence-corrected chi connectivity index (χ3v) is 6.23. The van der Waals surface area contributed by atoms with Gasteiger partial charge in [0.25, 0.3) is 0 Å². The van der Waals surface area contributed by atoms with E-state index in [1.165, 1.54) is 82.8 Å². The van der Waals surface area contributed by atoms with E-state index < -0.39 is 11.8 Å². The Kier molecular flexibility index (Phi) is 15.4. The average Bonchev–Trinajstić information content (AvgIpc) is 2.88. The van der Waals surface area contributed by atoms with Crippen LogP contribution in [0.15, 0.2) is 42.5 Å². The summed E-state index contributed by atoms with van der Waals surface area (Å²) in [5.41, 5.74) is 0.387. The van der Waals surface area contributed by atoms with Crippen LogP contribution in [0.5, 0.6) is 17.2 Å². The molecule has 0 heterocycles. The maximum atomic E-state index is 14.4. The molecular formula is C31H45FO4. The van der Waals surface area contributed by atoms with Gasteiger partial charge in [-0.1, -0.05) is 90.9 Å². The summed E-state index contributed by atoms with van der Waals surface area (Å²) in [6.07, 6.45) is 16.9. The highest BCUT2D eigenvalue weighted by Crippen LogP contribution is 2.24. The van der Waals surface area contributed by atoms with Crippen LogP contribution in [0.1, 0.15) is 114 Å². The van der Waals surface area contributed by atoms with Crippen molar-refractivity contribution < 1.29 is 23.4 Å². The lowest BCUT2D eigenvalue weighted by Crippen LogP contribution is -2.09. The first-order valence-corrected chi connectivity index (χ1v) is 14.0. The van der Waals surface area contributed by atoms with Crippen molar-refractivity contribution in [3.8, 4) is 17.2 Å². The standard InChI is InChI=1S/C31H45FO4/c1-3-5-7-9-11-13-15-23-34-27-19-17-26(18-20-27)31(33)36-28-21-22-30(29(32)25-28)35-24-16-14-12-10-8-6-4-2/h17-22,25H,3-16,23-24H2,1-2H3. The van der Waals surface area contributed by atoms with Crippen molar-refractivity contribution >= 4 is 5.97 Å². The van der Waals surface area contributed by atoms with Crippen LogP contribution in [0.4, 0.5) is 4.39 Å². The van der Waals surface area contributed by atoms with E-state index in [9.17, 15) is 9.18 Å². The Hall–Kier alpha value is -2.56. The van der Waals surface area contributed by atoms with Crippen molar-refractivity contribution in [1.82, 2.24) is 0 Å². The summed E-state index contributed by atoms with van der Waals surface area (Å²) in [7, 11) is 0. The maximum absolute atomic E-state index is 14.4. The van der Waals surface area contributed by atoms with E-state index in [2.05, 4.69) is 13.8 Å². The molecule has 0 aromatic heterocycles. The molecule has 0 bridgehead atoms. The quantitative estimate of drug-likeness (QED) is 0.103. The molecule has 0 atom stereocenters. The number of benzene rings is 2. The molecule has 0 radical (unpaired) electrons. The van der Waals surface area contributed by atoms with E-state index in [1.807, 2.05) is 0 Å². The lowest BCUT2D eigenvalue weighted by atomic mass is 10.1. The zero-order valence-electron chi connectivity index (χ0n) is 22.4. The molecule has 0 unspecified atom stereocenters. The fourth-order valence-electron chi connectivity index (χ4n) is 4.01. The van der Waals surface area contributed by atoms with Crippen LogP contribution < -0.4 is 14.2 Å². The Balaban J connectivity index is 1.67. The van der Waals surface area contributed by atoms with Gasteiger partial charge in [-0.3, -0.25) is 0 Å². The maximum Gasteiger partial charge on any atom is 0.343 e. The van der Waals surface area contributed by atoms with E-state index in [0.717, 1.165) is 25.0 Å². The van der Waals surface area contributed by atoms with Crippen LogP contribution in [-0.4, -0.2) is 19.2 Å². The minimum atomic E-state index is -0.537. The fraction of sp³-hybridized carbons (Fsp3) is 0.581. The minimum absolute atomic E-state index is 0.153. The monoisotopic (exact) mass is 500 g/mol. The second-order valence-corrected chi connectivity index (χ2v) is 9.45. The summed E-state index contributed by atoms with van der Waals surface area (Å²) < 4.78 is 31.1. The van der Waals surface area contributed by atoms with Gasteiger partial charge >= 0.3 is 5.97 Å². The van der Waals surface area contributed by atoms with Gasteiger partial charge in [-0.25, -0.2) is 9.18 Å². The fourth-order valence-corrected chi connectivity index (χ4v) is 4.01. The second kappa shape index (κ2) is 18.7. The van der Waals surface area contributed by atoms with Crippen LogP contribution in [-0.2, 0) is 0 Å². The molecule has 4 nitrogen and oxygen atoms in total. The van der Waals surface area contributed by atoms with Crippen molar-refractivity contribution in [2.24, 2.45) is 0 Å². The highest BCUT2D eigenvalue weighted by molar-refractivity contribution is 5.91. The van der Waals surface area contributed by atoms with Crippen molar-refractivity contribution in [1.29, 1.82) is 0 Å². The van der Waals surface area contributed by atoms with E-state index in [0.29, 0.717) is 18.8 Å². The number of hydrogen-bond acceptors (Lipinski definition) is 4. The first-order chi connectivity index (χ1) is 17.6. The van der Waals surface area contributed by atoms with E-state index in [1.54, 1.807) is 30.3 Å². The summed E-state index contributed by atoms with van der Waals surface area (Å²) in [5.74, 6) is -0.00329. The van der Waals surface area contributed by atoms with Crippen molar-refractivity contribution in [3.05, 3.63) is 53.8 Å². The van der Waals surface area contributed by atoms with Crippen LogP contribution in [0.25, 0.3) is 0 Å². The highest BCUT2D eigenvalue weighted by Gasteiger charge is 2.12. The van der Waals surface area contributed by atoms with Crippen molar-refractivity contribution in [3.63, 3.8) is 0 Å². The summed E-state index contributed by atoms with van der Waals surface area (Å²) >= 11 is 0. The zero-order chi connectivity index (χ0) is 25.8. The van der Waals surface area contributed by atoms with Crippen LogP contribution in [0, 0.1) is 5.82 Å². The molecule has 0 aliphatic rings. The third kappa shape index (κ3) is 12.4. The molecule has 2 aromatic rings. The van der Waals surface area contributed by atoms with Gasteiger partial charge in [0.05, 0.1) is 18.8 Å². The molecule has 2 aromatic carbocycles. The lowest BCUT2D eigenvalue weighted by Gasteiger charge is -2.10. The van der Waals surface area contributed by atoms with E-state index in [4.69, 9.17) is 14.2 Å². The minimum Gasteiger partial charge on any atom is -0.494 e. The Morgan fingerprint density at radius 2 is 1.14 bits per heavy atom. The number of carbonyl (C=O) groups is 1. The van der Waals surface area contributed by atoms with Gasteiger partial charge in [0.2, 0.25) is 0 Å². The van der Waals surface area contributed by atoms with Gasteiger partial charge in [0.1, 0.15) is 11.5 Å². The average molecular weight is 501 g/mol. The topological polar surface area (TPSA) is 44.8 Å². The number of rotatable bonds is 20. The van der Waals surface area contributed by atoms with Crippen LogP contribution in [0.3, 0.4) is 0 Å². The Morgan fingerprint density at radius 3 is 1.69 bits per heavy atom. The molecule has 36 heavy (non-hydrogen) atoms. The lowest BCUT2D eigenvalue weighted by molar-refractivity contribution is 0.0734. The van der Waals surface area contributed by atoms with Crippen molar-refractivity contribution in [2.75, 3.05) is 13.2 Å². The largest absolute Gasteiger partial charge is 0.494 e. The SMILES string of the molecule is CCCCCCCCCOc1ccc(C(=O)Oc2ccc(OCCCCCCCCC)c(F)c2)cc1. The van der Waals surface area contributed by atoms with Crippen LogP contribution in [0.2, 0.25) is 0 Å². The summed E-state index contributed by atoms with van der Waals surface area (Å²) in [5, 5.41) is 0. The molecule has 0 aliphatic carbocycles. The number of carbonyl (C=O) groups excluding carboxylic acids is 1. The van der Waals surface area contributed by atoms with Gasteiger partial charge in [-0.15, -0.1) is 0 Å². The molecule has 0 N–H and O–H groups in total. The molecule has 5 heteroatoms. The van der Waals surface area contributed by atoms with Crippen molar-refractivity contribution in [2.45, 2.75) is 104 Å². The first-order valence-electron chi connectivity index (χ1n) is 14.0. The molecular weight excluding hydrogens is 455 g/mol. The number of hydrogen-bond donors (Lipinski definition) is 0. The molecule has 0 aliphatic heterocycles. The Labute approximate surface area is 217 Å². The van der Waals surface area contributed by atoms with Crippen LogP contribution >= 0.6 is 0 Å². The summed E-state index contributed by atoms with van der Waals surface area (Å²) in [4.78, 5) is 12.5. The second-order valence-electron chi connectivity index (χ2n) is 9.45. The smallest absolute Gasteiger partial charge is 0.343 e. The predicted molar refractivity (Wildman–Crippen MR) is 145 cm³/mol. The molecule has 0 amide bonds.